The molecule has 0 aromatic carbocycles. The quantitative estimate of drug-likeness (QED) is 0.840. The van der Waals surface area contributed by atoms with Gasteiger partial charge in [-0.15, -0.1) is 0 Å². The first-order chi connectivity index (χ1) is 9.16. The predicted octanol–water partition coefficient (Wildman–Crippen LogP) is 2.14. The number of hydrogen-bond donors (Lipinski definition) is 1. The van der Waals surface area contributed by atoms with Gasteiger partial charge in [-0.25, -0.2) is 0 Å². The van der Waals surface area contributed by atoms with Crippen LogP contribution < -0.4 is 5.46 Å². The van der Waals surface area contributed by atoms with E-state index in [4.69, 9.17) is 9.31 Å². The van der Waals surface area contributed by atoms with Gasteiger partial charge in [0.2, 0.25) is 0 Å². The van der Waals surface area contributed by atoms with E-state index in [1.165, 1.54) is 0 Å². The van der Waals surface area contributed by atoms with E-state index in [9.17, 15) is 5.11 Å². The third-order valence-electron chi connectivity index (χ3n) is 5.03. The van der Waals surface area contributed by atoms with Gasteiger partial charge in [0.05, 0.1) is 16.9 Å². The van der Waals surface area contributed by atoms with Crippen molar-refractivity contribution in [3.05, 3.63) is 18.0 Å². The van der Waals surface area contributed by atoms with E-state index in [0.29, 0.717) is 5.46 Å². The Morgan fingerprint density at radius 2 is 1.65 bits per heavy atom. The van der Waals surface area contributed by atoms with Gasteiger partial charge in [-0.1, -0.05) is 6.92 Å². The van der Waals surface area contributed by atoms with Crippen molar-refractivity contribution >= 4 is 12.6 Å². The summed E-state index contributed by atoms with van der Waals surface area (Å²) in [5, 5.41) is 10.5. The van der Waals surface area contributed by atoms with Crippen LogP contribution in [0, 0.1) is 0 Å². The molecular weight excluding hydrogens is 253 g/mol. The summed E-state index contributed by atoms with van der Waals surface area (Å²) in [5.41, 5.74) is 0.657. The van der Waals surface area contributed by atoms with Crippen molar-refractivity contribution in [3.63, 3.8) is 0 Å². The lowest BCUT2D eigenvalue weighted by Crippen LogP contribution is -2.41. The van der Waals surface area contributed by atoms with Crippen molar-refractivity contribution in [3.8, 4) is 5.75 Å². The monoisotopic (exact) mass is 275 g/mol. The minimum Gasteiger partial charge on any atom is -0.506 e. The minimum absolute atomic E-state index is 0.0176. The summed E-state index contributed by atoms with van der Waals surface area (Å²) in [6.45, 7) is 10.2. The Bertz CT molecular complexity index is 536. The molecule has 4 nitrogen and oxygen atoms in total. The van der Waals surface area contributed by atoms with Crippen LogP contribution in [0.25, 0.3) is 0 Å². The average molecular weight is 275 g/mol. The Morgan fingerprint density at radius 1 is 1.10 bits per heavy atom. The highest BCUT2D eigenvalue weighted by Crippen LogP contribution is 2.49. The van der Waals surface area contributed by atoms with E-state index < -0.39 is 18.3 Å². The SMILES string of the molecule is CC1(c2nccc(B3OC(C)(C)C(C)(C)O3)c2O)CC1. The molecule has 1 aromatic heterocycles. The van der Waals surface area contributed by atoms with Crippen LogP contribution >= 0.6 is 0 Å². The molecule has 0 atom stereocenters. The first-order valence-corrected chi connectivity index (χ1v) is 7.20. The lowest BCUT2D eigenvalue weighted by Gasteiger charge is -2.32. The average Bonchev–Trinajstić information content (AvgIpc) is 3.01. The lowest BCUT2D eigenvalue weighted by atomic mass is 9.77. The molecule has 3 rings (SSSR count). The summed E-state index contributed by atoms with van der Waals surface area (Å²) in [5.74, 6) is 0.228. The molecule has 0 radical (unpaired) electrons. The zero-order valence-electron chi connectivity index (χ0n) is 12.9. The molecule has 1 saturated carbocycles. The second-order valence-electron chi connectivity index (χ2n) is 7.25. The highest BCUT2D eigenvalue weighted by atomic mass is 16.7. The summed E-state index contributed by atoms with van der Waals surface area (Å²) >= 11 is 0. The second-order valence-corrected chi connectivity index (χ2v) is 7.25. The van der Waals surface area contributed by atoms with Crippen molar-refractivity contribution in [1.82, 2.24) is 4.98 Å². The Morgan fingerprint density at radius 3 is 2.15 bits per heavy atom. The van der Waals surface area contributed by atoms with Gasteiger partial charge < -0.3 is 14.4 Å². The van der Waals surface area contributed by atoms with Gasteiger partial charge in [0, 0.05) is 17.1 Å². The molecule has 20 heavy (non-hydrogen) atoms. The zero-order valence-corrected chi connectivity index (χ0v) is 12.9. The molecule has 0 spiro atoms. The molecule has 2 fully saturated rings. The number of pyridine rings is 1. The summed E-state index contributed by atoms with van der Waals surface area (Å²) in [6, 6.07) is 1.78. The largest absolute Gasteiger partial charge is 0.506 e. The maximum atomic E-state index is 10.5. The first-order valence-electron chi connectivity index (χ1n) is 7.20. The van der Waals surface area contributed by atoms with Crippen LogP contribution in [-0.2, 0) is 14.7 Å². The smallest absolute Gasteiger partial charge is 0.498 e. The number of nitrogens with zero attached hydrogens (tertiary/aromatic N) is 1. The van der Waals surface area contributed by atoms with Crippen LogP contribution in [0.15, 0.2) is 12.3 Å². The maximum Gasteiger partial charge on any atom is 0.498 e. The van der Waals surface area contributed by atoms with Crippen molar-refractivity contribution in [2.45, 2.75) is 64.1 Å². The second kappa shape index (κ2) is 3.98. The Balaban J connectivity index is 1.97. The highest BCUT2D eigenvalue weighted by Gasteiger charge is 2.53. The van der Waals surface area contributed by atoms with Gasteiger partial charge in [-0.2, -0.15) is 0 Å². The predicted molar refractivity (Wildman–Crippen MR) is 78.2 cm³/mol. The van der Waals surface area contributed by atoms with Gasteiger partial charge in [0.1, 0.15) is 5.75 Å². The molecular formula is C15H22BNO3. The van der Waals surface area contributed by atoms with E-state index >= 15 is 0 Å². The summed E-state index contributed by atoms with van der Waals surface area (Å²) in [7, 11) is -0.538. The molecule has 2 aliphatic rings. The maximum absolute atomic E-state index is 10.5. The number of aromatic nitrogens is 1. The van der Waals surface area contributed by atoms with Crippen LogP contribution in [-0.4, -0.2) is 28.4 Å². The number of aromatic hydroxyl groups is 1. The van der Waals surface area contributed by atoms with Crippen LogP contribution in [0.1, 0.15) is 53.2 Å². The van der Waals surface area contributed by atoms with Crippen molar-refractivity contribution in [1.29, 1.82) is 0 Å². The third kappa shape index (κ3) is 1.95. The standard InChI is InChI=1S/C15H22BNO3/c1-13(2)14(3,4)20-16(19-13)10-6-9-17-12(11(10)18)15(5)7-8-15/h6,9,18H,7-8H2,1-5H3. The molecule has 108 valence electrons. The van der Waals surface area contributed by atoms with Crippen molar-refractivity contribution in [2.75, 3.05) is 0 Å². The van der Waals surface area contributed by atoms with Gasteiger partial charge in [0.25, 0.3) is 0 Å². The number of rotatable bonds is 2. The molecule has 1 aliphatic carbocycles. The van der Waals surface area contributed by atoms with Crippen molar-refractivity contribution < 1.29 is 14.4 Å². The van der Waals surface area contributed by atoms with Crippen LogP contribution in [0.3, 0.4) is 0 Å². The summed E-state index contributed by atoms with van der Waals surface area (Å²) in [4.78, 5) is 4.36. The zero-order chi connectivity index (χ0) is 14.8. The van der Waals surface area contributed by atoms with E-state index in [1.807, 2.05) is 27.7 Å². The lowest BCUT2D eigenvalue weighted by molar-refractivity contribution is 0.00578. The van der Waals surface area contributed by atoms with Crippen molar-refractivity contribution in [2.24, 2.45) is 0 Å². The Labute approximate surface area is 120 Å². The molecule has 2 heterocycles. The fraction of sp³-hybridized carbons (Fsp3) is 0.667. The molecule has 1 aliphatic heterocycles. The van der Waals surface area contributed by atoms with Crippen LogP contribution in [0.5, 0.6) is 5.75 Å². The van der Waals surface area contributed by atoms with Gasteiger partial charge in [-0.3, -0.25) is 4.98 Å². The van der Waals surface area contributed by atoms with Crippen LogP contribution in [0.4, 0.5) is 0 Å². The first kappa shape index (κ1) is 13.9. The fourth-order valence-corrected chi connectivity index (χ4v) is 2.50. The molecule has 5 heteroatoms. The van der Waals surface area contributed by atoms with Gasteiger partial charge in [-0.05, 0) is 46.6 Å². The molecule has 0 bridgehead atoms. The third-order valence-corrected chi connectivity index (χ3v) is 5.03. The topological polar surface area (TPSA) is 51.6 Å². The van der Waals surface area contributed by atoms with E-state index in [-0.39, 0.29) is 11.2 Å². The van der Waals surface area contributed by atoms with E-state index in [0.717, 1.165) is 18.5 Å². The Hall–Kier alpha value is -1.07. The molecule has 0 amide bonds. The molecule has 0 unspecified atom stereocenters. The van der Waals surface area contributed by atoms with Gasteiger partial charge >= 0.3 is 7.12 Å². The van der Waals surface area contributed by atoms with E-state index in [1.54, 1.807) is 12.3 Å². The Kier molecular flexibility index (Phi) is 2.77. The van der Waals surface area contributed by atoms with E-state index in [2.05, 4.69) is 11.9 Å². The van der Waals surface area contributed by atoms with Crippen LogP contribution in [0.2, 0.25) is 0 Å². The number of hydrogen-bond acceptors (Lipinski definition) is 4. The normalized spacial score (nSPS) is 25.8. The van der Waals surface area contributed by atoms with Gasteiger partial charge in [0.15, 0.2) is 0 Å². The minimum atomic E-state index is -0.538. The molecule has 1 aromatic rings. The summed E-state index contributed by atoms with van der Waals surface area (Å²) in [6.07, 6.45) is 3.87. The molecule has 1 saturated heterocycles. The summed E-state index contributed by atoms with van der Waals surface area (Å²) < 4.78 is 12.0. The molecule has 1 N–H and O–H groups in total. The highest BCUT2D eigenvalue weighted by molar-refractivity contribution is 6.63. The fourth-order valence-electron chi connectivity index (χ4n) is 2.50.